The third-order valence-electron chi connectivity index (χ3n) is 3.29. The second-order valence-electron chi connectivity index (χ2n) is 4.87. The molecule has 2 amide bonds. The number of rotatable bonds is 2. The van der Waals surface area contributed by atoms with Gasteiger partial charge in [-0.3, -0.25) is 25.2 Å². The molecule has 2 aromatic carbocycles. The molecule has 7 nitrogen and oxygen atoms in total. The Morgan fingerprint density at radius 1 is 0.958 bits per heavy atom. The highest BCUT2D eigenvalue weighted by Crippen LogP contribution is 2.12. The number of carbonyl (C=O) groups excluding carboxylic acids is 2. The van der Waals surface area contributed by atoms with Gasteiger partial charge in [0.2, 0.25) is 0 Å². The molecule has 24 heavy (non-hydrogen) atoms. The van der Waals surface area contributed by atoms with Gasteiger partial charge >= 0.3 is 0 Å². The first kappa shape index (κ1) is 16.1. The van der Waals surface area contributed by atoms with Crippen LogP contribution in [-0.2, 0) is 0 Å². The van der Waals surface area contributed by atoms with Crippen LogP contribution >= 0.6 is 22.6 Å². The molecule has 0 aliphatic carbocycles. The largest absolute Gasteiger partial charge is 0.290 e. The monoisotopic (exact) mass is 434 g/mol. The molecular formula is C16H11IN4O3. The second kappa shape index (κ2) is 6.79. The quantitative estimate of drug-likeness (QED) is 0.421. The zero-order valence-electron chi connectivity index (χ0n) is 12.2. The number of hydrogen-bond acceptors (Lipinski definition) is 4. The van der Waals surface area contributed by atoms with Gasteiger partial charge in [0.1, 0.15) is 0 Å². The molecule has 3 rings (SSSR count). The fraction of sp³-hybridized carbons (Fsp3) is 0. The van der Waals surface area contributed by atoms with Gasteiger partial charge in [0, 0.05) is 14.5 Å². The van der Waals surface area contributed by atoms with Crippen molar-refractivity contribution >= 4 is 45.2 Å². The van der Waals surface area contributed by atoms with E-state index in [0.29, 0.717) is 16.3 Å². The van der Waals surface area contributed by atoms with Crippen LogP contribution in [0, 0.1) is 3.57 Å². The summed E-state index contributed by atoms with van der Waals surface area (Å²) in [5.41, 5.74) is 4.69. The van der Waals surface area contributed by atoms with E-state index in [1.807, 2.05) is 6.07 Å². The smallest absolute Gasteiger partial charge is 0.267 e. The molecule has 0 bridgehead atoms. The predicted molar refractivity (Wildman–Crippen MR) is 96.5 cm³/mol. The third-order valence-corrected chi connectivity index (χ3v) is 3.96. The number of H-pyrrole nitrogens is 1. The van der Waals surface area contributed by atoms with Gasteiger partial charge in [-0.2, -0.15) is 5.10 Å². The molecule has 0 unspecified atom stereocenters. The van der Waals surface area contributed by atoms with Crippen LogP contribution in [0.3, 0.4) is 0 Å². The summed E-state index contributed by atoms with van der Waals surface area (Å²) in [5, 5.41) is 6.79. The summed E-state index contributed by atoms with van der Waals surface area (Å²) >= 11 is 2.09. The minimum absolute atomic E-state index is 0.0214. The maximum atomic E-state index is 12.3. The van der Waals surface area contributed by atoms with Gasteiger partial charge in [-0.05, 0) is 46.9 Å². The highest BCUT2D eigenvalue weighted by molar-refractivity contribution is 14.1. The van der Waals surface area contributed by atoms with Crippen LogP contribution in [0.1, 0.15) is 20.8 Å². The first-order valence-corrected chi connectivity index (χ1v) is 7.98. The van der Waals surface area contributed by atoms with E-state index < -0.39 is 11.8 Å². The van der Waals surface area contributed by atoms with E-state index in [-0.39, 0.29) is 11.3 Å². The number of benzene rings is 2. The number of hydrogen-bond donors (Lipinski definition) is 3. The molecule has 0 atom stereocenters. The summed E-state index contributed by atoms with van der Waals surface area (Å²) in [6.45, 7) is 0. The summed E-state index contributed by atoms with van der Waals surface area (Å²) in [6.07, 6.45) is 0. The molecule has 3 aromatic rings. The fourth-order valence-electron chi connectivity index (χ4n) is 2.16. The number of halogens is 1. The lowest BCUT2D eigenvalue weighted by atomic mass is 10.1. The lowest BCUT2D eigenvalue weighted by molar-refractivity contribution is 0.0844. The van der Waals surface area contributed by atoms with Gasteiger partial charge in [-0.25, -0.2) is 5.10 Å². The van der Waals surface area contributed by atoms with Crippen molar-refractivity contribution in [1.29, 1.82) is 0 Å². The van der Waals surface area contributed by atoms with Crippen molar-refractivity contribution in [2.75, 3.05) is 0 Å². The molecule has 0 aliphatic rings. The lowest BCUT2D eigenvalue weighted by Gasteiger charge is -2.08. The average Bonchev–Trinajstić information content (AvgIpc) is 2.60. The van der Waals surface area contributed by atoms with Crippen LogP contribution in [0.4, 0.5) is 0 Å². The molecule has 1 aromatic heterocycles. The van der Waals surface area contributed by atoms with E-state index in [2.05, 4.69) is 43.6 Å². The average molecular weight is 434 g/mol. The van der Waals surface area contributed by atoms with Crippen LogP contribution in [0.2, 0.25) is 0 Å². The predicted octanol–water partition coefficient (Wildman–Crippen LogP) is 1.60. The van der Waals surface area contributed by atoms with Gasteiger partial charge in [-0.1, -0.05) is 24.3 Å². The zero-order valence-corrected chi connectivity index (χ0v) is 14.3. The molecule has 1 heterocycles. The summed E-state index contributed by atoms with van der Waals surface area (Å²) < 4.78 is 0.903. The highest BCUT2D eigenvalue weighted by Gasteiger charge is 2.15. The van der Waals surface area contributed by atoms with Gasteiger partial charge in [0.25, 0.3) is 17.4 Å². The summed E-state index contributed by atoms with van der Waals surface area (Å²) in [4.78, 5) is 36.0. The van der Waals surface area contributed by atoms with Gasteiger partial charge < -0.3 is 0 Å². The summed E-state index contributed by atoms with van der Waals surface area (Å²) in [5.74, 6) is -1.07. The molecule has 0 aliphatic heterocycles. The van der Waals surface area contributed by atoms with Gasteiger partial charge in [0.15, 0.2) is 5.69 Å². The normalized spacial score (nSPS) is 10.4. The summed E-state index contributed by atoms with van der Waals surface area (Å²) in [6, 6.07) is 13.5. The summed E-state index contributed by atoms with van der Waals surface area (Å²) in [7, 11) is 0. The molecule has 0 fully saturated rings. The standard InChI is InChI=1S/C16H11IN4O3/c17-10-5-3-4-9(8-10)14(22)19-21-16(24)13-11-6-1-2-7-12(11)15(23)20-18-13/h1-8H,(H,19,22)(H,20,23)(H,21,24). The Labute approximate surface area is 149 Å². The van der Waals surface area contributed by atoms with Crippen LogP contribution < -0.4 is 16.4 Å². The van der Waals surface area contributed by atoms with Crippen molar-refractivity contribution in [3.63, 3.8) is 0 Å². The second-order valence-corrected chi connectivity index (χ2v) is 6.11. The maximum absolute atomic E-state index is 12.3. The van der Waals surface area contributed by atoms with E-state index in [1.165, 1.54) is 0 Å². The van der Waals surface area contributed by atoms with Gasteiger partial charge in [0.05, 0.1) is 5.39 Å². The topological polar surface area (TPSA) is 104 Å². The minimum atomic E-state index is -0.624. The van der Waals surface area contributed by atoms with E-state index in [9.17, 15) is 14.4 Å². The third kappa shape index (κ3) is 3.27. The Bertz CT molecular complexity index is 1000. The highest BCUT2D eigenvalue weighted by atomic mass is 127. The van der Waals surface area contributed by atoms with Crippen LogP contribution in [0.5, 0.6) is 0 Å². The number of carbonyl (C=O) groups is 2. The van der Waals surface area contributed by atoms with E-state index in [1.54, 1.807) is 42.5 Å². The van der Waals surface area contributed by atoms with E-state index in [4.69, 9.17) is 0 Å². The van der Waals surface area contributed by atoms with Crippen molar-refractivity contribution in [1.82, 2.24) is 21.0 Å². The number of hydrazine groups is 1. The molecule has 3 N–H and O–H groups in total. The molecule has 0 saturated carbocycles. The maximum Gasteiger partial charge on any atom is 0.290 e. The molecule has 0 radical (unpaired) electrons. The SMILES string of the molecule is O=C(NNC(=O)c1n[nH]c(=O)c2ccccc12)c1cccc(I)c1. The van der Waals surface area contributed by atoms with Crippen LogP contribution in [-0.4, -0.2) is 22.0 Å². The molecule has 0 spiro atoms. The van der Waals surface area contributed by atoms with Crippen molar-refractivity contribution < 1.29 is 9.59 Å². The van der Waals surface area contributed by atoms with E-state index >= 15 is 0 Å². The zero-order chi connectivity index (χ0) is 17.1. The Hall–Kier alpha value is -2.75. The Balaban J connectivity index is 1.80. The van der Waals surface area contributed by atoms with Crippen molar-refractivity contribution in [2.45, 2.75) is 0 Å². The van der Waals surface area contributed by atoms with Crippen molar-refractivity contribution in [3.8, 4) is 0 Å². The van der Waals surface area contributed by atoms with Crippen molar-refractivity contribution in [3.05, 3.63) is 73.7 Å². The fourth-order valence-corrected chi connectivity index (χ4v) is 2.71. The number of amides is 2. The lowest BCUT2D eigenvalue weighted by Crippen LogP contribution is -2.42. The van der Waals surface area contributed by atoms with Crippen LogP contribution in [0.25, 0.3) is 10.8 Å². The van der Waals surface area contributed by atoms with Crippen LogP contribution in [0.15, 0.2) is 53.3 Å². The molecule has 120 valence electrons. The Morgan fingerprint density at radius 3 is 2.42 bits per heavy atom. The number of nitrogens with one attached hydrogen (secondary N) is 3. The number of nitrogens with zero attached hydrogens (tertiary/aromatic N) is 1. The Kier molecular flexibility index (Phi) is 4.56. The minimum Gasteiger partial charge on any atom is -0.267 e. The van der Waals surface area contributed by atoms with Crippen molar-refractivity contribution in [2.24, 2.45) is 0 Å². The molecule has 0 saturated heterocycles. The number of aromatic amines is 1. The molecular weight excluding hydrogens is 423 g/mol. The van der Waals surface area contributed by atoms with Gasteiger partial charge in [-0.15, -0.1) is 0 Å². The first-order valence-electron chi connectivity index (χ1n) is 6.90. The Morgan fingerprint density at radius 2 is 1.67 bits per heavy atom. The number of fused-ring (bicyclic) bond motifs is 1. The van der Waals surface area contributed by atoms with E-state index in [0.717, 1.165) is 3.57 Å². The molecule has 8 heteroatoms. The number of aromatic nitrogens is 2. The first-order chi connectivity index (χ1) is 11.6.